The molecule has 0 aromatic rings. The first kappa shape index (κ1) is 12.4. The van der Waals surface area contributed by atoms with Gasteiger partial charge >= 0.3 is 5.97 Å². The van der Waals surface area contributed by atoms with Crippen LogP contribution < -0.4 is 0 Å². The summed E-state index contributed by atoms with van der Waals surface area (Å²) in [6.45, 7) is 5.49. The lowest BCUT2D eigenvalue weighted by molar-refractivity contribution is -0.158. The minimum absolute atomic E-state index is 0.00685. The van der Waals surface area contributed by atoms with Crippen molar-refractivity contribution in [3.8, 4) is 0 Å². The number of hydrogen-bond donors (Lipinski definition) is 1. The molecule has 2 atom stereocenters. The number of carboxylic acid groups (broad SMARTS) is 1. The normalized spacial score (nSPS) is 32.8. The van der Waals surface area contributed by atoms with Gasteiger partial charge in [0.25, 0.3) is 0 Å². The lowest BCUT2D eigenvalue weighted by Gasteiger charge is -2.41. The maximum atomic E-state index is 11.7. The fourth-order valence-corrected chi connectivity index (χ4v) is 3.45. The molecule has 2 saturated heterocycles. The lowest BCUT2D eigenvalue weighted by Crippen LogP contribution is -2.62. The molecule has 2 aliphatic heterocycles. The van der Waals surface area contributed by atoms with Gasteiger partial charge in [-0.05, 0) is 39.7 Å². The van der Waals surface area contributed by atoms with Crippen LogP contribution in [0, 0.1) is 0 Å². The zero-order chi connectivity index (χ0) is 12.6. The number of aliphatic carboxylic acids is 1. The molecule has 2 fully saturated rings. The third-order valence-electron chi connectivity index (χ3n) is 4.20. The van der Waals surface area contributed by atoms with Crippen LogP contribution in [0.15, 0.2) is 0 Å². The number of carbonyl (C=O) groups excluding carboxylic acids is 1. The summed E-state index contributed by atoms with van der Waals surface area (Å²) in [6.07, 6.45) is 3.17. The van der Waals surface area contributed by atoms with Gasteiger partial charge in [0, 0.05) is 18.6 Å². The number of amides is 1. The van der Waals surface area contributed by atoms with Crippen molar-refractivity contribution < 1.29 is 14.7 Å². The Morgan fingerprint density at radius 1 is 1.53 bits per heavy atom. The summed E-state index contributed by atoms with van der Waals surface area (Å²) in [5, 5.41) is 9.63. The molecule has 96 valence electrons. The van der Waals surface area contributed by atoms with E-state index in [9.17, 15) is 14.7 Å². The van der Waals surface area contributed by atoms with Gasteiger partial charge in [0.15, 0.2) is 5.54 Å². The molecule has 17 heavy (non-hydrogen) atoms. The highest BCUT2D eigenvalue weighted by molar-refractivity contribution is 5.83. The zero-order valence-corrected chi connectivity index (χ0v) is 10.4. The van der Waals surface area contributed by atoms with Crippen LogP contribution in [0.5, 0.6) is 0 Å². The number of carboxylic acids is 1. The van der Waals surface area contributed by atoms with Crippen LogP contribution in [0.2, 0.25) is 0 Å². The third kappa shape index (κ3) is 1.64. The first-order valence-corrected chi connectivity index (χ1v) is 6.25. The molecule has 5 nitrogen and oxygen atoms in total. The Bertz CT molecular complexity index is 332. The number of carbonyl (C=O) groups is 2. The molecule has 2 unspecified atom stereocenters. The van der Waals surface area contributed by atoms with Crippen molar-refractivity contribution in [3.05, 3.63) is 0 Å². The van der Waals surface area contributed by atoms with Crippen molar-refractivity contribution in [1.29, 1.82) is 0 Å². The molecular weight excluding hydrogens is 220 g/mol. The maximum Gasteiger partial charge on any atom is 0.331 e. The molecule has 0 radical (unpaired) electrons. The molecule has 0 aliphatic carbocycles. The van der Waals surface area contributed by atoms with E-state index in [1.54, 1.807) is 0 Å². The monoisotopic (exact) mass is 240 g/mol. The summed E-state index contributed by atoms with van der Waals surface area (Å²) in [5.41, 5.74) is -1.01. The van der Waals surface area contributed by atoms with Gasteiger partial charge in [-0.2, -0.15) is 0 Å². The zero-order valence-electron chi connectivity index (χ0n) is 10.4. The molecule has 5 heteroatoms. The van der Waals surface area contributed by atoms with Gasteiger partial charge in [0.2, 0.25) is 6.41 Å². The van der Waals surface area contributed by atoms with Crippen molar-refractivity contribution >= 4 is 12.4 Å². The van der Waals surface area contributed by atoms with E-state index in [4.69, 9.17) is 0 Å². The second-order valence-corrected chi connectivity index (χ2v) is 5.28. The highest BCUT2D eigenvalue weighted by Gasteiger charge is 2.58. The van der Waals surface area contributed by atoms with Gasteiger partial charge in [-0.3, -0.25) is 9.69 Å². The van der Waals surface area contributed by atoms with E-state index in [0.29, 0.717) is 12.8 Å². The average Bonchev–Trinajstić information content (AvgIpc) is 2.81. The van der Waals surface area contributed by atoms with Crippen LogP contribution in [0.1, 0.15) is 33.1 Å². The second-order valence-electron chi connectivity index (χ2n) is 5.28. The van der Waals surface area contributed by atoms with Gasteiger partial charge in [-0.1, -0.05) is 0 Å². The predicted octanol–water partition coefficient (Wildman–Crippen LogP) is 0.545. The Morgan fingerprint density at radius 2 is 2.24 bits per heavy atom. The molecule has 2 aliphatic rings. The maximum absolute atomic E-state index is 11.7. The van der Waals surface area contributed by atoms with Crippen LogP contribution in [-0.2, 0) is 9.59 Å². The Kier molecular flexibility index (Phi) is 3.12. The smallest absolute Gasteiger partial charge is 0.331 e. The molecule has 1 amide bonds. The molecule has 0 spiro atoms. The van der Waals surface area contributed by atoms with Gasteiger partial charge in [-0.25, -0.2) is 4.79 Å². The molecule has 0 bridgehead atoms. The molecule has 2 rings (SSSR count). The number of hydrogen-bond acceptors (Lipinski definition) is 3. The summed E-state index contributed by atoms with van der Waals surface area (Å²) in [5.74, 6) is -0.854. The largest absolute Gasteiger partial charge is 0.479 e. The van der Waals surface area contributed by atoms with E-state index in [0.717, 1.165) is 25.9 Å². The quantitative estimate of drug-likeness (QED) is 0.729. The molecule has 0 aromatic carbocycles. The lowest BCUT2D eigenvalue weighted by atomic mass is 9.86. The van der Waals surface area contributed by atoms with Crippen molar-refractivity contribution in [2.24, 2.45) is 0 Å². The van der Waals surface area contributed by atoms with Crippen LogP contribution in [0.4, 0.5) is 0 Å². The van der Waals surface area contributed by atoms with E-state index in [2.05, 4.69) is 4.90 Å². The summed E-state index contributed by atoms with van der Waals surface area (Å²) in [7, 11) is 0. The van der Waals surface area contributed by atoms with Gasteiger partial charge < -0.3 is 10.0 Å². The number of nitrogens with zero attached hydrogens (tertiary/aromatic N) is 2. The van der Waals surface area contributed by atoms with E-state index in [1.807, 2.05) is 13.8 Å². The summed E-state index contributed by atoms with van der Waals surface area (Å²) in [4.78, 5) is 26.7. The van der Waals surface area contributed by atoms with E-state index in [-0.39, 0.29) is 12.1 Å². The minimum atomic E-state index is -1.01. The summed E-state index contributed by atoms with van der Waals surface area (Å²) >= 11 is 0. The first-order chi connectivity index (χ1) is 8.04. The van der Waals surface area contributed by atoms with E-state index in [1.165, 1.54) is 4.90 Å². The molecule has 0 aromatic heterocycles. The Morgan fingerprint density at radius 3 is 2.76 bits per heavy atom. The Balaban J connectivity index is 2.39. The van der Waals surface area contributed by atoms with Crippen LogP contribution >= 0.6 is 0 Å². The Hall–Kier alpha value is -1.10. The first-order valence-electron chi connectivity index (χ1n) is 6.25. The number of rotatable bonds is 4. The van der Waals surface area contributed by atoms with Crippen molar-refractivity contribution in [1.82, 2.24) is 9.80 Å². The molecule has 1 N–H and O–H groups in total. The van der Waals surface area contributed by atoms with Crippen LogP contribution in [0.25, 0.3) is 0 Å². The standard InChI is InChI=1S/C12H20N2O3/c1-9(2)14(8-15)12(11(16)17)5-7-13-6-3-4-10(12)13/h8-10H,3-7H2,1-2H3,(H,16,17). The average molecular weight is 240 g/mol. The SMILES string of the molecule is CC(C)N(C=O)C1(C(=O)O)CCN2CCCC21. The van der Waals surface area contributed by atoms with Crippen molar-refractivity contribution in [2.75, 3.05) is 13.1 Å². The highest BCUT2D eigenvalue weighted by atomic mass is 16.4. The fraction of sp³-hybridized carbons (Fsp3) is 0.833. The molecule has 2 heterocycles. The van der Waals surface area contributed by atoms with Crippen molar-refractivity contribution in [2.45, 2.75) is 50.7 Å². The highest BCUT2D eigenvalue weighted by Crippen LogP contribution is 2.40. The topological polar surface area (TPSA) is 60.9 Å². The second kappa shape index (κ2) is 4.29. The Labute approximate surface area is 101 Å². The molecular formula is C12H20N2O3. The number of fused-ring (bicyclic) bond motifs is 1. The van der Waals surface area contributed by atoms with Crippen LogP contribution in [-0.4, -0.2) is 58.0 Å². The van der Waals surface area contributed by atoms with E-state index >= 15 is 0 Å². The predicted molar refractivity (Wildman–Crippen MR) is 62.6 cm³/mol. The fourth-order valence-electron chi connectivity index (χ4n) is 3.45. The van der Waals surface area contributed by atoms with Gasteiger partial charge in [-0.15, -0.1) is 0 Å². The van der Waals surface area contributed by atoms with Gasteiger partial charge in [0.1, 0.15) is 0 Å². The molecule has 0 saturated carbocycles. The summed E-state index contributed by atoms with van der Waals surface area (Å²) < 4.78 is 0. The van der Waals surface area contributed by atoms with E-state index < -0.39 is 11.5 Å². The minimum Gasteiger partial charge on any atom is -0.479 e. The van der Waals surface area contributed by atoms with Crippen molar-refractivity contribution in [3.63, 3.8) is 0 Å². The summed E-state index contributed by atoms with van der Waals surface area (Å²) in [6, 6.07) is -0.0863. The van der Waals surface area contributed by atoms with Crippen LogP contribution in [0.3, 0.4) is 0 Å². The third-order valence-corrected chi connectivity index (χ3v) is 4.20. The van der Waals surface area contributed by atoms with Gasteiger partial charge in [0.05, 0.1) is 0 Å².